The number of carboxylic acid groups (broad SMARTS) is 1. The van der Waals surface area contributed by atoms with Crippen molar-refractivity contribution in [2.24, 2.45) is 5.41 Å². The lowest BCUT2D eigenvalue weighted by Gasteiger charge is -2.23. The highest BCUT2D eigenvalue weighted by Gasteiger charge is 2.29. The van der Waals surface area contributed by atoms with E-state index in [-0.39, 0.29) is 5.91 Å². The van der Waals surface area contributed by atoms with Crippen LogP contribution in [0, 0.1) is 5.41 Å². The first-order valence-electron chi connectivity index (χ1n) is 8.19. The minimum Gasteiger partial charge on any atom is -0.493 e. The fourth-order valence-electron chi connectivity index (χ4n) is 2.42. The van der Waals surface area contributed by atoms with Crippen LogP contribution >= 0.6 is 0 Å². The molecule has 1 aromatic rings. The van der Waals surface area contributed by atoms with Crippen LogP contribution < -0.4 is 15.4 Å². The monoisotopic (exact) mass is 348 g/mol. The number of carbonyl (C=O) groups excluding carboxylic acids is 2. The van der Waals surface area contributed by atoms with Gasteiger partial charge in [0.05, 0.1) is 6.61 Å². The lowest BCUT2D eigenvalue weighted by molar-refractivity contribution is -0.142. The van der Waals surface area contributed by atoms with Crippen molar-refractivity contribution in [1.82, 2.24) is 10.6 Å². The summed E-state index contributed by atoms with van der Waals surface area (Å²) in [6, 6.07) is 3.05. The second-order valence-electron chi connectivity index (χ2n) is 7.19. The first-order chi connectivity index (χ1) is 11.6. The maximum atomic E-state index is 12.3. The number of nitrogens with one attached hydrogen (secondary N) is 2. The predicted octanol–water partition coefficient (Wildman–Crippen LogP) is 1.41. The SMILES string of the molecule is CC(NC(=O)C(C)(C)C)C(=O)NC(C(=O)O)c1ccc2c(c1)CCO2. The lowest BCUT2D eigenvalue weighted by Crippen LogP contribution is -2.49. The highest BCUT2D eigenvalue weighted by Crippen LogP contribution is 2.28. The Kier molecular flexibility index (Phi) is 5.35. The Labute approximate surface area is 146 Å². The number of benzene rings is 1. The second kappa shape index (κ2) is 7.13. The molecule has 0 aromatic heterocycles. The van der Waals surface area contributed by atoms with Gasteiger partial charge >= 0.3 is 5.97 Å². The van der Waals surface area contributed by atoms with E-state index in [4.69, 9.17) is 4.74 Å². The number of hydrogen-bond donors (Lipinski definition) is 3. The van der Waals surface area contributed by atoms with Crippen molar-refractivity contribution in [2.45, 2.75) is 46.2 Å². The molecule has 7 heteroatoms. The molecule has 2 atom stereocenters. The van der Waals surface area contributed by atoms with Crippen LogP contribution in [0.3, 0.4) is 0 Å². The van der Waals surface area contributed by atoms with E-state index < -0.39 is 29.4 Å². The van der Waals surface area contributed by atoms with E-state index in [2.05, 4.69) is 10.6 Å². The van der Waals surface area contributed by atoms with Crippen molar-refractivity contribution >= 4 is 17.8 Å². The van der Waals surface area contributed by atoms with Gasteiger partial charge in [0.25, 0.3) is 0 Å². The minimum absolute atomic E-state index is 0.281. The molecule has 0 fully saturated rings. The molecule has 2 amide bonds. The van der Waals surface area contributed by atoms with E-state index in [1.807, 2.05) is 0 Å². The lowest BCUT2D eigenvalue weighted by atomic mass is 9.95. The maximum Gasteiger partial charge on any atom is 0.330 e. The second-order valence-corrected chi connectivity index (χ2v) is 7.19. The minimum atomic E-state index is -1.19. The molecule has 136 valence electrons. The quantitative estimate of drug-likeness (QED) is 0.746. The highest BCUT2D eigenvalue weighted by atomic mass is 16.5. The van der Waals surface area contributed by atoms with Gasteiger partial charge in [-0.2, -0.15) is 0 Å². The smallest absolute Gasteiger partial charge is 0.330 e. The van der Waals surface area contributed by atoms with Gasteiger partial charge in [-0.15, -0.1) is 0 Å². The molecular weight excluding hydrogens is 324 g/mol. The summed E-state index contributed by atoms with van der Waals surface area (Å²) in [5.74, 6) is -1.26. The Morgan fingerprint density at radius 3 is 2.48 bits per heavy atom. The third-order valence-corrected chi connectivity index (χ3v) is 4.00. The van der Waals surface area contributed by atoms with E-state index in [0.29, 0.717) is 18.6 Å². The van der Waals surface area contributed by atoms with Gasteiger partial charge in [-0.25, -0.2) is 4.79 Å². The summed E-state index contributed by atoms with van der Waals surface area (Å²) in [5.41, 5.74) is 0.757. The van der Waals surface area contributed by atoms with Crippen molar-refractivity contribution in [3.8, 4) is 5.75 Å². The predicted molar refractivity (Wildman–Crippen MR) is 91.2 cm³/mol. The van der Waals surface area contributed by atoms with Crippen molar-refractivity contribution < 1.29 is 24.2 Å². The molecule has 0 bridgehead atoms. The number of carboxylic acids is 1. The molecule has 25 heavy (non-hydrogen) atoms. The summed E-state index contributed by atoms with van der Waals surface area (Å²) in [6.45, 7) is 7.30. The molecule has 0 saturated carbocycles. The average molecular weight is 348 g/mol. The summed E-state index contributed by atoms with van der Waals surface area (Å²) in [6.07, 6.45) is 0.710. The first-order valence-corrected chi connectivity index (χ1v) is 8.19. The van der Waals surface area contributed by atoms with E-state index in [0.717, 1.165) is 11.3 Å². The molecule has 3 N–H and O–H groups in total. The topological polar surface area (TPSA) is 105 Å². The summed E-state index contributed by atoms with van der Waals surface area (Å²) in [5, 5.41) is 14.6. The zero-order chi connectivity index (χ0) is 18.8. The molecule has 1 heterocycles. The number of fused-ring (bicyclic) bond motifs is 1. The van der Waals surface area contributed by atoms with Crippen LogP contribution in [0.15, 0.2) is 18.2 Å². The maximum absolute atomic E-state index is 12.3. The largest absolute Gasteiger partial charge is 0.493 e. The van der Waals surface area contributed by atoms with Gasteiger partial charge in [0, 0.05) is 11.8 Å². The number of aliphatic carboxylic acids is 1. The molecule has 7 nitrogen and oxygen atoms in total. The molecule has 1 aliphatic rings. The van der Waals surface area contributed by atoms with Crippen LogP contribution in [-0.2, 0) is 20.8 Å². The number of amides is 2. The Balaban J connectivity index is 2.10. The van der Waals surface area contributed by atoms with Crippen LogP contribution in [0.2, 0.25) is 0 Å². The number of carbonyl (C=O) groups is 3. The third-order valence-electron chi connectivity index (χ3n) is 4.00. The molecule has 0 aliphatic carbocycles. The van der Waals surface area contributed by atoms with Crippen molar-refractivity contribution in [3.63, 3.8) is 0 Å². The van der Waals surface area contributed by atoms with Crippen LogP contribution in [0.25, 0.3) is 0 Å². The Morgan fingerprint density at radius 2 is 1.88 bits per heavy atom. The first kappa shape index (κ1) is 18.8. The van der Waals surface area contributed by atoms with Crippen LogP contribution in [-0.4, -0.2) is 35.5 Å². The van der Waals surface area contributed by atoms with E-state index in [1.165, 1.54) is 6.92 Å². The van der Waals surface area contributed by atoms with Crippen LogP contribution in [0.5, 0.6) is 5.75 Å². The Hall–Kier alpha value is -2.57. The standard InChI is InChI=1S/C18H24N2O5/c1-10(19-17(24)18(2,3)4)15(21)20-14(16(22)23)12-5-6-13-11(9-12)7-8-25-13/h5-6,9-10,14H,7-8H2,1-4H3,(H,19,24)(H,20,21)(H,22,23). The van der Waals surface area contributed by atoms with Crippen LogP contribution in [0.4, 0.5) is 0 Å². The fourth-order valence-corrected chi connectivity index (χ4v) is 2.42. The molecule has 1 aliphatic heterocycles. The number of rotatable bonds is 5. The van der Waals surface area contributed by atoms with E-state index >= 15 is 0 Å². The summed E-state index contributed by atoms with van der Waals surface area (Å²) >= 11 is 0. The van der Waals surface area contributed by atoms with Gasteiger partial charge < -0.3 is 20.5 Å². The van der Waals surface area contributed by atoms with Gasteiger partial charge in [0.15, 0.2) is 6.04 Å². The summed E-state index contributed by atoms with van der Waals surface area (Å²) in [4.78, 5) is 35.9. The highest BCUT2D eigenvalue weighted by molar-refractivity contribution is 5.91. The molecular formula is C18H24N2O5. The molecule has 1 aromatic carbocycles. The van der Waals surface area contributed by atoms with Gasteiger partial charge in [-0.1, -0.05) is 26.8 Å². The summed E-state index contributed by atoms with van der Waals surface area (Å²) in [7, 11) is 0. The fraction of sp³-hybridized carbons (Fsp3) is 0.500. The van der Waals surface area contributed by atoms with Gasteiger partial charge in [0.2, 0.25) is 11.8 Å². The Morgan fingerprint density at radius 1 is 1.20 bits per heavy atom. The zero-order valence-corrected chi connectivity index (χ0v) is 14.9. The zero-order valence-electron chi connectivity index (χ0n) is 14.9. The van der Waals surface area contributed by atoms with Crippen molar-refractivity contribution in [3.05, 3.63) is 29.3 Å². The molecule has 0 saturated heterocycles. The van der Waals surface area contributed by atoms with Crippen molar-refractivity contribution in [2.75, 3.05) is 6.61 Å². The third kappa shape index (κ3) is 4.49. The van der Waals surface area contributed by atoms with Crippen molar-refractivity contribution in [1.29, 1.82) is 0 Å². The van der Waals surface area contributed by atoms with E-state index in [9.17, 15) is 19.5 Å². The molecule has 0 radical (unpaired) electrons. The van der Waals surface area contributed by atoms with Crippen LogP contribution in [0.1, 0.15) is 44.9 Å². The average Bonchev–Trinajstić information content (AvgIpc) is 2.98. The van der Waals surface area contributed by atoms with Gasteiger partial charge in [-0.3, -0.25) is 9.59 Å². The normalized spacial score (nSPS) is 15.5. The molecule has 2 unspecified atom stereocenters. The number of hydrogen-bond acceptors (Lipinski definition) is 4. The van der Waals surface area contributed by atoms with Gasteiger partial charge in [-0.05, 0) is 30.2 Å². The van der Waals surface area contributed by atoms with E-state index in [1.54, 1.807) is 39.0 Å². The molecule has 0 spiro atoms. The molecule has 2 rings (SSSR count). The summed E-state index contributed by atoms with van der Waals surface area (Å²) < 4.78 is 5.41. The van der Waals surface area contributed by atoms with Gasteiger partial charge in [0.1, 0.15) is 11.8 Å². The Bertz CT molecular complexity index is 693. The number of ether oxygens (including phenoxy) is 1.